The molecule has 0 aliphatic heterocycles. The first-order chi connectivity index (χ1) is 8.50. The van der Waals surface area contributed by atoms with Crippen molar-refractivity contribution in [2.75, 3.05) is 6.54 Å². The van der Waals surface area contributed by atoms with E-state index in [0.29, 0.717) is 11.4 Å². The van der Waals surface area contributed by atoms with Crippen molar-refractivity contribution in [3.63, 3.8) is 0 Å². The second kappa shape index (κ2) is 7.07. The predicted molar refractivity (Wildman–Crippen MR) is 79.4 cm³/mol. The van der Waals surface area contributed by atoms with Crippen molar-refractivity contribution in [1.29, 1.82) is 0 Å². The third-order valence-electron chi connectivity index (χ3n) is 4.31. The maximum absolute atomic E-state index is 12.1. The van der Waals surface area contributed by atoms with Crippen molar-refractivity contribution in [2.45, 2.75) is 58.8 Å². The molecule has 0 saturated heterocycles. The van der Waals surface area contributed by atoms with Gasteiger partial charge in [0.2, 0.25) is 5.91 Å². The Morgan fingerprint density at radius 2 is 2.00 bits per heavy atom. The molecule has 104 valence electrons. The molecule has 0 radical (unpaired) electrons. The third kappa shape index (κ3) is 3.94. The molecule has 0 aromatic rings. The average molecular weight is 270 g/mol. The largest absolute Gasteiger partial charge is 0.392 e. The standard InChI is InChI=1S/C14H26N2OS/c1-3-14(2,12(15)18)13(17)16-10-9-11-7-5-4-6-8-11/h11H,3-10H2,1-2H3,(H2,15,18)(H,16,17). The minimum Gasteiger partial charge on any atom is -0.392 e. The fourth-order valence-corrected chi connectivity index (χ4v) is 2.74. The molecule has 0 aromatic heterocycles. The molecule has 1 amide bonds. The highest BCUT2D eigenvalue weighted by atomic mass is 32.1. The smallest absolute Gasteiger partial charge is 0.232 e. The monoisotopic (exact) mass is 270 g/mol. The number of hydrogen-bond donors (Lipinski definition) is 2. The number of thiocarbonyl (C=S) groups is 1. The van der Waals surface area contributed by atoms with Gasteiger partial charge < -0.3 is 11.1 Å². The van der Waals surface area contributed by atoms with E-state index in [4.69, 9.17) is 18.0 Å². The fourth-order valence-electron chi connectivity index (χ4n) is 2.51. The highest BCUT2D eigenvalue weighted by molar-refractivity contribution is 7.80. The summed E-state index contributed by atoms with van der Waals surface area (Å²) in [5.41, 5.74) is 4.97. The molecule has 3 N–H and O–H groups in total. The van der Waals surface area contributed by atoms with Gasteiger partial charge in [0.15, 0.2) is 0 Å². The van der Waals surface area contributed by atoms with Crippen LogP contribution in [-0.4, -0.2) is 17.4 Å². The van der Waals surface area contributed by atoms with E-state index in [-0.39, 0.29) is 5.91 Å². The Labute approximate surface area is 116 Å². The predicted octanol–water partition coefficient (Wildman–Crippen LogP) is 2.78. The van der Waals surface area contributed by atoms with Crippen LogP contribution in [0.25, 0.3) is 0 Å². The summed E-state index contributed by atoms with van der Waals surface area (Å²) in [5.74, 6) is 0.769. The van der Waals surface area contributed by atoms with Gasteiger partial charge in [-0.3, -0.25) is 4.79 Å². The zero-order valence-electron chi connectivity index (χ0n) is 11.6. The molecule has 1 saturated carbocycles. The van der Waals surface area contributed by atoms with Crippen LogP contribution in [-0.2, 0) is 4.79 Å². The Balaban J connectivity index is 2.33. The molecule has 4 heteroatoms. The Kier molecular flexibility index (Phi) is 6.06. The molecular formula is C14H26N2OS. The topological polar surface area (TPSA) is 55.1 Å². The minimum absolute atomic E-state index is 0.0201. The Bertz CT molecular complexity index is 300. The van der Waals surface area contributed by atoms with Crippen LogP contribution in [0.2, 0.25) is 0 Å². The van der Waals surface area contributed by atoms with Gasteiger partial charge in [-0.05, 0) is 25.7 Å². The minimum atomic E-state index is -0.693. The molecule has 1 fully saturated rings. The van der Waals surface area contributed by atoms with Gasteiger partial charge in [-0.2, -0.15) is 0 Å². The molecule has 1 rings (SSSR count). The number of carbonyl (C=O) groups excluding carboxylic acids is 1. The average Bonchev–Trinajstić information content (AvgIpc) is 2.38. The Hall–Kier alpha value is -0.640. The van der Waals surface area contributed by atoms with Gasteiger partial charge >= 0.3 is 0 Å². The maximum atomic E-state index is 12.1. The number of rotatable bonds is 6. The van der Waals surface area contributed by atoms with Crippen molar-refractivity contribution in [3.05, 3.63) is 0 Å². The number of nitrogens with one attached hydrogen (secondary N) is 1. The number of nitrogens with two attached hydrogens (primary N) is 1. The first-order valence-corrected chi connectivity index (χ1v) is 7.49. The van der Waals surface area contributed by atoms with E-state index in [0.717, 1.165) is 18.9 Å². The second-order valence-corrected chi connectivity index (χ2v) is 6.04. The zero-order valence-corrected chi connectivity index (χ0v) is 12.4. The van der Waals surface area contributed by atoms with E-state index in [2.05, 4.69) is 5.32 Å². The molecule has 0 aromatic carbocycles. The molecule has 18 heavy (non-hydrogen) atoms. The molecule has 1 aliphatic rings. The summed E-state index contributed by atoms with van der Waals surface area (Å²) in [7, 11) is 0. The van der Waals surface area contributed by atoms with E-state index in [1.165, 1.54) is 32.1 Å². The highest BCUT2D eigenvalue weighted by Crippen LogP contribution is 2.26. The summed E-state index contributed by atoms with van der Waals surface area (Å²) >= 11 is 5.00. The van der Waals surface area contributed by atoms with Crippen molar-refractivity contribution in [3.8, 4) is 0 Å². The summed E-state index contributed by atoms with van der Waals surface area (Å²) in [6.45, 7) is 4.52. The summed E-state index contributed by atoms with van der Waals surface area (Å²) in [6, 6.07) is 0. The van der Waals surface area contributed by atoms with Gasteiger partial charge in [-0.15, -0.1) is 0 Å². The Morgan fingerprint density at radius 1 is 1.39 bits per heavy atom. The van der Waals surface area contributed by atoms with E-state index >= 15 is 0 Å². The molecule has 0 spiro atoms. The van der Waals surface area contributed by atoms with E-state index in [9.17, 15) is 4.79 Å². The lowest BCUT2D eigenvalue weighted by atomic mass is 9.85. The summed E-state index contributed by atoms with van der Waals surface area (Å²) < 4.78 is 0. The van der Waals surface area contributed by atoms with Crippen LogP contribution in [0.4, 0.5) is 0 Å². The van der Waals surface area contributed by atoms with Crippen LogP contribution in [0.5, 0.6) is 0 Å². The van der Waals surface area contributed by atoms with Gasteiger partial charge in [0.05, 0.1) is 10.4 Å². The van der Waals surface area contributed by atoms with Crippen molar-refractivity contribution in [1.82, 2.24) is 5.32 Å². The summed E-state index contributed by atoms with van der Waals surface area (Å²) in [6.07, 6.45) is 8.43. The lowest BCUT2D eigenvalue weighted by Gasteiger charge is -2.26. The quantitative estimate of drug-likeness (QED) is 0.730. The lowest BCUT2D eigenvalue weighted by Crippen LogP contribution is -2.47. The van der Waals surface area contributed by atoms with Gasteiger partial charge in [-0.1, -0.05) is 51.2 Å². The third-order valence-corrected chi connectivity index (χ3v) is 4.77. The van der Waals surface area contributed by atoms with Gasteiger partial charge in [-0.25, -0.2) is 0 Å². The van der Waals surface area contributed by atoms with Gasteiger partial charge in [0.1, 0.15) is 0 Å². The second-order valence-electron chi connectivity index (χ2n) is 5.60. The van der Waals surface area contributed by atoms with Crippen molar-refractivity contribution < 1.29 is 4.79 Å². The SMILES string of the molecule is CCC(C)(C(=O)NCCC1CCCCC1)C(N)=S. The van der Waals surface area contributed by atoms with E-state index < -0.39 is 5.41 Å². The van der Waals surface area contributed by atoms with Crippen LogP contribution in [0.15, 0.2) is 0 Å². The first-order valence-electron chi connectivity index (χ1n) is 7.09. The zero-order chi connectivity index (χ0) is 13.6. The van der Waals surface area contributed by atoms with Crippen molar-refractivity contribution >= 4 is 23.1 Å². The van der Waals surface area contributed by atoms with Crippen LogP contribution >= 0.6 is 12.2 Å². The molecule has 1 aliphatic carbocycles. The summed E-state index contributed by atoms with van der Waals surface area (Å²) in [5, 5.41) is 3.00. The normalized spacial score (nSPS) is 20.1. The maximum Gasteiger partial charge on any atom is 0.232 e. The lowest BCUT2D eigenvalue weighted by molar-refractivity contribution is -0.127. The summed E-state index contributed by atoms with van der Waals surface area (Å²) in [4.78, 5) is 12.4. The molecule has 0 heterocycles. The van der Waals surface area contributed by atoms with Crippen LogP contribution in [0, 0.1) is 11.3 Å². The molecule has 3 nitrogen and oxygen atoms in total. The molecule has 1 atom stereocenters. The van der Waals surface area contributed by atoms with Crippen LogP contribution in [0.1, 0.15) is 58.8 Å². The molecule has 0 bridgehead atoms. The van der Waals surface area contributed by atoms with Gasteiger partial charge in [0, 0.05) is 6.54 Å². The van der Waals surface area contributed by atoms with Crippen molar-refractivity contribution in [2.24, 2.45) is 17.1 Å². The van der Waals surface area contributed by atoms with E-state index in [1.54, 1.807) is 0 Å². The Morgan fingerprint density at radius 3 is 2.50 bits per heavy atom. The van der Waals surface area contributed by atoms with E-state index in [1.807, 2.05) is 13.8 Å². The fraction of sp³-hybridized carbons (Fsp3) is 0.857. The molecule has 1 unspecified atom stereocenters. The van der Waals surface area contributed by atoms with Crippen LogP contribution in [0.3, 0.4) is 0 Å². The van der Waals surface area contributed by atoms with Crippen LogP contribution < -0.4 is 11.1 Å². The number of carbonyl (C=O) groups is 1. The molecular weight excluding hydrogens is 244 g/mol. The highest BCUT2D eigenvalue weighted by Gasteiger charge is 2.34. The number of amides is 1. The number of hydrogen-bond acceptors (Lipinski definition) is 2. The first kappa shape index (κ1) is 15.4. The van der Waals surface area contributed by atoms with Gasteiger partial charge in [0.25, 0.3) is 0 Å².